The molecule has 0 aliphatic rings. The van der Waals surface area contributed by atoms with E-state index in [1.165, 1.54) is 5.39 Å². The number of halogens is 1. The lowest BCUT2D eigenvalue weighted by atomic mass is 10.3. The van der Waals surface area contributed by atoms with Crippen LogP contribution in [0.1, 0.15) is 0 Å². The maximum absolute atomic E-state index is 4.33. The molecule has 1 unspecified atom stereocenters. The Labute approximate surface area is 81.0 Å². The van der Waals surface area contributed by atoms with Crippen molar-refractivity contribution in [1.29, 1.82) is 0 Å². The first-order chi connectivity index (χ1) is 5.81. The number of pyridine rings is 1. The van der Waals surface area contributed by atoms with Gasteiger partial charge in [0.05, 0.1) is 0 Å². The second-order valence-corrected chi connectivity index (χ2v) is 4.32. The molecule has 0 saturated heterocycles. The Bertz CT molecular complexity index is 410. The van der Waals surface area contributed by atoms with E-state index in [2.05, 4.69) is 50.2 Å². The third-order valence-corrected chi connectivity index (χ3v) is 3.01. The van der Waals surface area contributed by atoms with Gasteiger partial charge in [-0.05, 0) is 43.5 Å². The molecule has 0 amide bonds. The van der Waals surface area contributed by atoms with Gasteiger partial charge >= 0.3 is 0 Å². The highest BCUT2D eigenvalue weighted by molar-refractivity contribution is 9.10. The monoisotopic (exact) mass is 242 g/mol. The minimum atomic E-state index is 0.744. The lowest BCUT2D eigenvalue weighted by Gasteiger charge is -1.98. The molecule has 0 radical (unpaired) electrons. The summed E-state index contributed by atoms with van der Waals surface area (Å²) in [6.07, 6.45) is 3.90. The largest absolute Gasteiger partial charge is 0.314 e. The molecule has 0 spiro atoms. The third kappa shape index (κ3) is 1.27. The van der Waals surface area contributed by atoms with Crippen LogP contribution >= 0.6 is 24.7 Å². The molecule has 12 heavy (non-hydrogen) atoms. The second kappa shape index (κ2) is 3.15. The van der Waals surface area contributed by atoms with E-state index in [9.17, 15) is 0 Å². The van der Waals surface area contributed by atoms with Gasteiger partial charge in [-0.3, -0.25) is 0 Å². The van der Waals surface area contributed by atoms with Crippen molar-refractivity contribution < 1.29 is 0 Å². The zero-order valence-corrected chi connectivity index (χ0v) is 9.17. The van der Waals surface area contributed by atoms with Gasteiger partial charge < -0.3 is 4.34 Å². The van der Waals surface area contributed by atoms with Crippen LogP contribution in [0.3, 0.4) is 0 Å². The van der Waals surface area contributed by atoms with E-state index < -0.39 is 0 Å². The molecule has 62 valence electrons. The molecule has 0 fully saturated rings. The van der Waals surface area contributed by atoms with E-state index in [1.54, 1.807) is 0 Å². The van der Waals surface area contributed by atoms with Gasteiger partial charge in [0.1, 0.15) is 5.65 Å². The predicted octanol–water partition coefficient (Wildman–Crippen LogP) is 2.87. The van der Waals surface area contributed by atoms with Gasteiger partial charge in [0.25, 0.3) is 0 Å². The van der Waals surface area contributed by atoms with Gasteiger partial charge in [0, 0.05) is 22.3 Å². The molecule has 2 aromatic rings. The Hall–Kier alpha value is -0.400. The molecule has 2 aromatic heterocycles. The summed E-state index contributed by atoms with van der Waals surface area (Å²) in [7, 11) is 0.744. The van der Waals surface area contributed by atoms with Crippen molar-refractivity contribution in [3.63, 3.8) is 0 Å². The zero-order chi connectivity index (χ0) is 8.55. The molecule has 0 bridgehead atoms. The van der Waals surface area contributed by atoms with E-state index >= 15 is 0 Å². The number of rotatable bonds is 1. The predicted molar refractivity (Wildman–Crippen MR) is 57.1 cm³/mol. The van der Waals surface area contributed by atoms with Crippen LogP contribution < -0.4 is 0 Å². The van der Waals surface area contributed by atoms with E-state index in [4.69, 9.17) is 0 Å². The molecule has 0 N–H and O–H groups in total. The highest BCUT2D eigenvalue weighted by Gasteiger charge is 1.99. The van der Waals surface area contributed by atoms with Crippen molar-refractivity contribution >= 4 is 35.7 Å². The quantitative estimate of drug-likeness (QED) is 0.704. The van der Waals surface area contributed by atoms with Crippen LogP contribution in [0, 0.1) is 0 Å². The van der Waals surface area contributed by atoms with Crippen molar-refractivity contribution in [3.8, 4) is 0 Å². The Morgan fingerprint density at radius 1 is 1.58 bits per heavy atom. The third-order valence-electron chi connectivity index (χ3n) is 1.73. The van der Waals surface area contributed by atoms with Crippen molar-refractivity contribution in [2.24, 2.45) is 0 Å². The van der Waals surface area contributed by atoms with Crippen molar-refractivity contribution in [1.82, 2.24) is 9.32 Å². The van der Waals surface area contributed by atoms with Gasteiger partial charge in [-0.2, -0.15) is 0 Å². The minimum absolute atomic E-state index is 0.744. The molecular weight excluding hydrogens is 235 g/mol. The molecular formula is C8H8BrN2P. The van der Waals surface area contributed by atoms with Crippen LogP contribution in [0.2, 0.25) is 0 Å². The van der Waals surface area contributed by atoms with Gasteiger partial charge in [0.2, 0.25) is 0 Å². The lowest BCUT2D eigenvalue weighted by Crippen LogP contribution is -1.82. The summed E-state index contributed by atoms with van der Waals surface area (Å²) in [5, 5.41) is 1.19. The number of nitrogens with zero attached hydrogens (tertiary/aromatic N) is 2. The first-order valence-corrected chi connectivity index (χ1v) is 5.85. The summed E-state index contributed by atoms with van der Waals surface area (Å²) in [4.78, 5) is 4.33. The molecule has 2 rings (SSSR count). The van der Waals surface area contributed by atoms with Crippen molar-refractivity contribution in [3.05, 3.63) is 29.0 Å². The molecule has 4 heteroatoms. The molecule has 0 aliphatic heterocycles. The van der Waals surface area contributed by atoms with Crippen LogP contribution in [0.4, 0.5) is 0 Å². The number of fused-ring (bicyclic) bond motifs is 1. The van der Waals surface area contributed by atoms with Gasteiger partial charge in [-0.25, -0.2) is 4.98 Å². The van der Waals surface area contributed by atoms with Gasteiger partial charge in [-0.1, -0.05) is 0 Å². The second-order valence-electron chi connectivity index (χ2n) is 2.48. The highest BCUT2D eigenvalue weighted by atomic mass is 79.9. The Balaban J connectivity index is 2.73. The summed E-state index contributed by atoms with van der Waals surface area (Å²) >= 11 is 3.39. The van der Waals surface area contributed by atoms with E-state index in [1.807, 2.05) is 6.20 Å². The zero-order valence-electron chi connectivity index (χ0n) is 6.58. The Morgan fingerprint density at radius 3 is 3.17 bits per heavy atom. The fourth-order valence-electron chi connectivity index (χ4n) is 1.18. The maximum atomic E-state index is 4.33. The molecule has 1 atom stereocenters. The Kier molecular flexibility index (Phi) is 2.16. The smallest absolute Gasteiger partial charge is 0.143 e. The van der Waals surface area contributed by atoms with Gasteiger partial charge in [0.15, 0.2) is 0 Å². The first-order valence-electron chi connectivity index (χ1n) is 3.61. The molecule has 0 saturated carbocycles. The first kappa shape index (κ1) is 8.21. The highest BCUT2D eigenvalue weighted by Crippen LogP contribution is 2.22. The van der Waals surface area contributed by atoms with Crippen molar-refractivity contribution in [2.45, 2.75) is 0 Å². The van der Waals surface area contributed by atoms with E-state index in [0.29, 0.717) is 0 Å². The van der Waals surface area contributed by atoms with Crippen LogP contribution in [-0.2, 0) is 0 Å². The van der Waals surface area contributed by atoms with E-state index in [-0.39, 0.29) is 0 Å². The van der Waals surface area contributed by atoms with Crippen molar-refractivity contribution in [2.75, 3.05) is 6.66 Å². The number of aromatic nitrogens is 2. The fourth-order valence-corrected chi connectivity index (χ4v) is 2.15. The summed E-state index contributed by atoms with van der Waals surface area (Å²) in [5.74, 6) is 0. The number of hydrogen-bond donors (Lipinski definition) is 0. The van der Waals surface area contributed by atoms with Crippen LogP contribution in [-0.4, -0.2) is 16.0 Å². The van der Waals surface area contributed by atoms with Crippen LogP contribution in [0.5, 0.6) is 0 Å². The van der Waals surface area contributed by atoms with Crippen LogP contribution in [0.15, 0.2) is 29.0 Å². The van der Waals surface area contributed by atoms with Gasteiger partial charge in [-0.15, -0.1) is 0 Å². The molecule has 0 aliphatic carbocycles. The molecule has 2 nitrogen and oxygen atoms in total. The summed E-state index contributed by atoms with van der Waals surface area (Å²) in [6, 6.07) is 4.17. The normalized spacial score (nSPS) is 11.8. The molecule has 0 aromatic carbocycles. The summed E-state index contributed by atoms with van der Waals surface area (Å²) < 4.78 is 3.19. The summed E-state index contributed by atoms with van der Waals surface area (Å²) in [5.41, 5.74) is 1.07. The average molecular weight is 243 g/mol. The van der Waals surface area contributed by atoms with Crippen LogP contribution in [0.25, 0.3) is 11.0 Å². The lowest BCUT2D eigenvalue weighted by molar-refractivity contribution is 1.24. The standard InChI is InChI=1S/C8H8BrN2P/c1-12-11-3-2-6-4-7(9)5-10-8(6)11/h2-5,12H,1H3. The van der Waals surface area contributed by atoms with E-state index in [0.717, 1.165) is 18.9 Å². The molecule has 2 heterocycles. The maximum Gasteiger partial charge on any atom is 0.143 e. The topological polar surface area (TPSA) is 17.8 Å². The summed E-state index contributed by atoms with van der Waals surface area (Å²) in [6.45, 7) is 2.14. The minimum Gasteiger partial charge on any atom is -0.314 e. The Morgan fingerprint density at radius 2 is 2.42 bits per heavy atom. The fraction of sp³-hybridized carbons (Fsp3) is 0.125. The SMILES string of the molecule is CPn1ccc2cc(Br)cnc21. The average Bonchev–Trinajstić information content (AvgIpc) is 2.46. The number of hydrogen-bond acceptors (Lipinski definition) is 1.